The Morgan fingerprint density at radius 2 is 0.758 bits per heavy atom. The Balaban J connectivity index is 1.02. The predicted octanol–water partition coefficient (Wildman–Crippen LogP) is 18.3. The third-order valence-electron chi connectivity index (χ3n) is 19.1. The number of hydrogen-bond donors (Lipinski definition) is 0. The lowest BCUT2D eigenvalue weighted by molar-refractivity contribution is 0.384. The third kappa shape index (κ3) is 10.1. The van der Waals surface area contributed by atoms with Crippen LogP contribution in [0.5, 0.6) is 11.5 Å². The van der Waals surface area contributed by atoms with E-state index < -0.39 is 26.2 Å². The summed E-state index contributed by atoms with van der Waals surface area (Å²) >= 11 is 0. The maximum Gasteiger partial charge on any atom is 0.220 e. The van der Waals surface area contributed by atoms with E-state index in [2.05, 4.69) is 130 Å². The number of hydrogen-bond acceptors (Lipinski definition) is 6. The van der Waals surface area contributed by atoms with Crippen molar-refractivity contribution in [1.29, 1.82) is 0 Å². The Kier molecular flexibility index (Phi) is 13.7. The van der Waals surface area contributed by atoms with Crippen LogP contribution < -0.4 is 25.5 Å². The summed E-state index contributed by atoms with van der Waals surface area (Å²) in [4.78, 5) is 27.6. The molecule has 13 aromatic carbocycles. The zero-order valence-electron chi connectivity index (χ0n) is 57.6. The molecule has 1 aliphatic heterocycles. The molecule has 5 heterocycles. The molecular formula is C90H63N7OSi. The molecule has 0 N–H and O–H groups in total. The summed E-state index contributed by atoms with van der Waals surface area (Å²) in [5.41, 5.74) is 8.21. The van der Waals surface area contributed by atoms with E-state index in [0.717, 1.165) is 54.3 Å². The number of rotatable bonds is 15. The smallest absolute Gasteiger partial charge is 0.220 e. The van der Waals surface area contributed by atoms with Crippen molar-refractivity contribution < 1.29 is 10.2 Å². The van der Waals surface area contributed by atoms with Crippen LogP contribution in [0.25, 0.3) is 101 Å². The Hall–Kier alpha value is -12.7. The quantitative estimate of drug-likeness (QED) is 0.0751. The molecule has 0 spiro atoms. The molecule has 0 fully saturated rings. The number of ether oxygens (including phenoxy) is 1. The van der Waals surface area contributed by atoms with Crippen molar-refractivity contribution in [2.75, 3.05) is 0 Å². The van der Waals surface area contributed by atoms with Gasteiger partial charge in [-0.25, -0.2) is 24.9 Å². The number of aromatic nitrogens is 7. The van der Waals surface area contributed by atoms with Gasteiger partial charge in [-0.15, -0.1) is 0 Å². The average Bonchev–Trinajstić information content (AvgIpc) is 1.18. The summed E-state index contributed by atoms with van der Waals surface area (Å²) in [5, 5.41) is 3.74. The third-order valence-corrected chi connectivity index (χ3v) is 23.9. The zero-order chi connectivity index (χ0) is 69.3. The predicted molar refractivity (Wildman–Crippen MR) is 405 cm³/mol. The lowest BCUT2D eigenvalue weighted by Crippen LogP contribution is -2.75. The second kappa shape index (κ2) is 24.8. The fraction of sp³-hybridized carbons (Fsp3) is 0.0333. The minimum Gasteiger partial charge on any atom is -0.457 e. The highest BCUT2D eigenvalue weighted by Crippen LogP contribution is 2.54. The number of benzene rings is 13. The van der Waals surface area contributed by atoms with Gasteiger partial charge in [-0.3, -0.25) is 8.97 Å². The molecule has 468 valence electrons. The molecule has 0 saturated heterocycles. The summed E-state index contributed by atoms with van der Waals surface area (Å²) in [6, 6.07) is 118. The molecule has 18 rings (SSSR count). The van der Waals surface area contributed by atoms with E-state index >= 15 is 0 Å². The fourth-order valence-electron chi connectivity index (χ4n) is 14.7. The zero-order valence-corrected chi connectivity index (χ0v) is 54.6. The molecule has 9 heteroatoms. The lowest BCUT2D eigenvalue weighted by Gasteiger charge is -2.44. The second-order valence-corrected chi connectivity index (χ2v) is 28.6. The van der Waals surface area contributed by atoms with E-state index in [0.29, 0.717) is 61.6 Å². The fourth-order valence-corrected chi connectivity index (χ4v) is 19.6. The van der Waals surface area contributed by atoms with Crippen molar-refractivity contribution in [2.45, 2.75) is 18.2 Å². The van der Waals surface area contributed by atoms with Gasteiger partial charge in [-0.05, 0) is 74.3 Å². The van der Waals surface area contributed by atoms with Crippen molar-refractivity contribution in [1.82, 2.24) is 33.9 Å². The van der Waals surface area contributed by atoms with E-state index in [4.69, 9.17) is 29.7 Å². The summed E-state index contributed by atoms with van der Waals surface area (Å²) in [5.74, 6) is 1.82. The standard InChI is InChI=1S/C90H63N7OSi/c1-9-33-62(34-10-1)82-75(91-87(66-41-17-5-18-42-66)94-84(82)64-37-13-3-14-38-64)60-90(61-76-83(63-35-11-2-12-36-63)85(65-39-15-4-16-40-65)95-88(92-76)67-43-19-6-20-44-67)72-51-25-30-57-80(72)98-86-73(90)52-32-58-81(86)99(69-46-21-7-22-47-69,70-48-23-8-24-49-70)71-50-31-45-68(59-71)96-78-55-28-29-56-79(78)97-77-54-27-26-53-74(77)93-89(96)97/h1-59H,60-61H2/i60D2,61D2. The minimum atomic E-state index is -3.95. The first-order valence-corrected chi connectivity index (χ1v) is 35.3. The van der Waals surface area contributed by atoms with E-state index in [1.807, 2.05) is 237 Å². The van der Waals surface area contributed by atoms with E-state index in [1.54, 1.807) is 0 Å². The minimum absolute atomic E-state index is 0.0514. The van der Waals surface area contributed by atoms with Crippen LogP contribution >= 0.6 is 0 Å². The largest absolute Gasteiger partial charge is 0.457 e. The van der Waals surface area contributed by atoms with E-state index in [9.17, 15) is 5.48 Å². The number of para-hydroxylation sites is 6. The normalized spacial score (nSPS) is 13.4. The summed E-state index contributed by atoms with van der Waals surface area (Å²) in [6.45, 7) is 0. The van der Waals surface area contributed by atoms with Gasteiger partial charge in [-0.2, -0.15) is 0 Å². The monoisotopic (exact) mass is 1290 g/mol. The molecule has 17 aromatic rings. The Bertz CT molecular complexity index is 5810. The van der Waals surface area contributed by atoms with E-state index in [-0.39, 0.29) is 39.9 Å². The Morgan fingerprint density at radius 1 is 0.343 bits per heavy atom. The topological polar surface area (TPSA) is 83.0 Å². The first-order chi connectivity index (χ1) is 50.6. The molecule has 0 saturated carbocycles. The van der Waals surface area contributed by atoms with Gasteiger partial charge in [0.05, 0.1) is 44.8 Å². The maximum absolute atomic E-state index is 12.3. The molecule has 0 radical (unpaired) electrons. The van der Waals surface area contributed by atoms with Gasteiger partial charge in [0.1, 0.15) is 11.5 Å². The summed E-state index contributed by atoms with van der Waals surface area (Å²) in [7, 11) is -3.95. The Morgan fingerprint density at radius 3 is 1.29 bits per heavy atom. The molecule has 0 unspecified atom stereocenters. The summed E-state index contributed by atoms with van der Waals surface area (Å²) < 4.78 is 61.7. The van der Waals surface area contributed by atoms with Crippen LogP contribution in [0, 0.1) is 0 Å². The number of fused-ring (bicyclic) bond motifs is 7. The van der Waals surface area contributed by atoms with Crippen molar-refractivity contribution in [3.8, 4) is 84.7 Å². The highest BCUT2D eigenvalue weighted by molar-refractivity contribution is 7.20. The van der Waals surface area contributed by atoms with Crippen molar-refractivity contribution in [2.24, 2.45) is 0 Å². The lowest BCUT2D eigenvalue weighted by atomic mass is 9.65. The molecule has 0 aliphatic carbocycles. The van der Waals surface area contributed by atoms with Gasteiger partial charge in [0.25, 0.3) is 0 Å². The van der Waals surface area contributed by atoms with Crippen LogP contribution in [0.3, 0.4) is 0 Å². The number of imidazole rings is 2. The van der Waals surface area contributed by atoms with Gasteiger partial charge in [0.15, 0.2) is 19.7 Å². The molecule has 1 aliphatic rings. The molecule has 0 atom stereocenters. The van der Waals surface area contributed by atoms with Gasteiger partial charge >= 0.3 is 0 Å². The molecule has 4 aromatic heterocycles. The van der Waals surface area contributed by atoms with Crippen LogP contribution in [0.2, 0.25) is 0 Å². The van der Waals surface area contributed by atoms with Crippen LogP contribution in [0.4, 0.5) is 0 Å². The maximum atomic E-state index is 12.3. The molecule has 0 amide bonds. The number of nitrogens with zero attached hydrogens (tertiary/aromatic N) is 7. The van der Waals surface area contributed by atoms with Gasteiger partial charge in [0.2, 0.25) is 5.78 Å². The van der Waals surface area contributed by atoms with Crippen molar-refractivity contribution >= 4 is 56.7 Å². The average molecular weight is 1290 g/mol. The molecule has 99 heavy (non-hydrogen) atoms. The van der Waals surface area contributed by atoms with Crippen LogP contribution in [0.1, 0.15) is 28.0 Å². The molecule has 0 bridgehead atoms. The SMILES string of the molecule is [2H]C([2H])(c1nc(-c2ccccc2)nc(-c2ccccc2)c1-c1ccccc1)C1(C([2H])([2H])c2nc(-c3ccccc3)nc(-c3ccccc3)c2-c2ccccc2)c2ccccc2Oc2c1cccc2[Si](c1ccccc1)(c1ccccc1)c1cccc(-n2c3ccccc3n3c4ccccc4nc23)c1. The highest BCUT2D eigenvalue weighted by atomic mass is 28.3. The highest BCUT2D eigenvalue weighted by Gasteiger charge is 2.50. The molecular weight excluding hydrogens is 1220 g/mol. The van der Waals surface area contributed by atoms with Crippen molar-refractivity contribution in [3.05, 3.63) is 380 Å². The first kappa shape index (κ1) is 54.5. The Labute approximate surface area is 580 Å². The first-order valence-electron chi connectivity index (χ1n) is 35.3. The van der Waals surface area contributed by atoms with Crippen LogP contribution in [-0.4, -0.2) is 42.0 Å². The summed E-state index contributed by atoms with van der Waals surface area (Å²) in [6.07, 6.45) is -5.94. The van der Waals surface area contributed by atoms with E-state index in [1.165, 1.54) is 0 Å². The second-order valence-electron chi connectivity index (χ2n) is 24.8. The van der Waals surface area contributed by atoms with Crippen LogP contribution in [0.15, 0.2) is 358 Å². The van der Waals surface area contributed by atoms with Crippen LogP contribution in [-0.2, 0) is 18.2 Å². The molecule has 8 nitrogen and oxygen atoms in total. The van der Waals surface area contributed by atoms with Gasteiger partial charge in [-0.1, -0.05) is 315 Å². The van der Waals surface area contributed by atoms with Gasteiger partial charge in [0, 0.05) is 73.8 Å². The van der Waals surface area contributed by atoms with Crippen molar-refractivity contribution in [3.63, 3.8) is 0 Å². The van der Waals surface area contributed by atoms with Gasteiger partial charge < -0.3 is 4.74 Å².